The Hall–Kier alpha value is -2.05. The standard InChI is InChI=1S/C16H15N3OS2/c1-10-7-8-12-14(9-10)22-16(17-12)19-18-15(20)11-5-3-4-6-13(11)21-2/h3-9H,1-2H3,(H,17,19)(H,18,20). The number of hydrogen-bond acceptors (Lipinski definition) is 5. The van der Waals surface area contributed by atoms with Gasteiger partial charge in [0.15, 0.2) is 0 Å². The molecule has 3 rings (SSSR count). The molecular weight excluding hydrogens is 314 g/mol. The van der Waals surface area contributed by atoms with Crippen molar-refractivity contribution in [2.75, 3.05) is 11.7 Å². The molecule has 112 valence electrons. The zero-order valence-electron chi connectivity index (χ0n) is 12.2. The number of nitrogens with one attached hydrogen (secondary N) is 2. The van der Waals surface area contributed by atoms with Crippen LogP contribution < -0.4 is 10.9 Å². The number of fused-ring (bicyclic) bond motifs is 1. The molecule has 0 aliphatic rings. The van der Waals surface area contributed by atoms with E-state index in [9.17, 15) is 4.79 Å². The first kappa shape index (κ1) is 14.9. The molecule has 1 amide bonds. The SMILES string of the molecule is CSc1ccccc1C(=O)NNc1nc2ccc(C)cc2s1. The predicted octanol–water partition coefficient (Wildman–Crippen LogP) is 4.08. The Balaban J connectivity index is 1.74. The molecule has 0 aliphatic heterocycles. The van der Waals surface area contributed by atoms with Gasteiger partial charge in [0.2, 0.25) is 5.13 Å². The van der Waals surface area contributed by atoms with Gasteiger partial charge in [-0.05, 0) is 43.0 Å². The van der Waals surface area contributed by atoms with E-state index in [-0.39, 0.29) is 5.91 Å². The molecule has 2 aromatic carbocycles. The van der Waals surface area contributed by atoms with Crippen molar-refractivity contribution < 1.29 is 4.79 Å². The summed E-state index contributed by atoms with van der Waals surface area (Å²) in [6.07, 6.45) is 1.95. The normalized spacial score (nSPS) is 10.6. The number of hydrogen-bond donors (Lipinski definition) is 2. The second-order valence-electron chi connectivity index (χ2n) is 4.77. The Morgan fingerprint density at radius 2 is 2.05 bits per heavy atom. The number of rotatable bonds is 4. The first-order valence-electron chi connectivity index (χ1n) is 6.74. The molecule has 0 saturated heterocycles. The van der Waals surface area contributed by atoms with Crippen LogP contribution in [0.5, 0.6) is 0 Å². The lowest BCUT2D eigenvalue weighted by Crippen LogP contribution is -2.29. The molecule has 22 heavy (non-hydrogen) atoms. The Morgan fingerprint density at radius 1 is 1.23 bits per heavy atom. The quantitative estimate of drug-likeness (QED) is 0.559. The number of carbonyl (C=O) groups is 1. The summed E-state index contributed by atoms with van der Waals surface area (Å²) in [5.74, 6) is -0.166. The third-order valence-corrected chi connectivity index (χ3v) is 4.91. The highest BCUT2D eigenvalue weighted by atomic mass is 32.2. The molecule has 1 aromatic heterocycles. The number of nitrogens with zero attached hydrogens (tertiary/aromatic N) is 1. The minimum atomic E-state index is -0.166. The molecule has 4 nitrogen and oxygen atoms in total. The first-order chi connectivity index (χ1) is 10.7. The molecule has 0 aliphatic carbocycles. The fraction of sp³-hybridized carbons (Fsp3) is 0.125. The van der Waals surface area contributed by atoms with Crippen LogP contribution in [0.3, 0.4) is 0 Å². The monoisotopic (exact) mass is 329 g/mol. The number of carbonyl (C=O) groups excluding carboxylic acids is 1. The predicted molar refractivity (Wildman–Crippen MR) is 93.7 cm³/mol. The number of thiazole rings is 1. The summed E-state index contributed by atoms with van der Waals surface area (Å²) < 4.78 is 1.10. The van der Waals surface area contributed by atoms with Gasteiger partial charge in [0.25, 0.3) is 5.91 Å². The average Bonchev–Trinajstić information content (AvgIpc) is 2.94. The minimum Gasteiger partial charge on any atom is -0.273 e. The van der Waals surface area contributed by atoms with Gasteiger partial charge in [-0.15, -0.1) is 11.8 Å². The lowest BCUT2D eigenvalue weighted by molar-refractivity contribution is 0.0960. The van der Waals surface area contributed by atoms with Gasteiger partial charge in [-0.3, -0.25) is 15.6 Å². The number of hydrazine groups is 1. The zero-order chi connectivity index (χ0) is 15.5. The number of amides is 1. The summed E-state index contributed by atoms with van der Waals surface area (Å²) in [5.41, 5.74) is 8.39. The highest BCUT2D eigenvalue weighted by molar-refractivity contribution is 7.98. The van der Waals surface area contributed by atoms with Crippen LogP contribution in [0.2, 0.25) is 0 Å². The van der Waals surface area contributed by atoms with Crippen molar-refractivity contribution in [2.45, 2.75) is 11.8 Å². The number of thioether (sulfide) groups is 1. The highest BCUT2D eigenvalue weighted by Gasteiger charge is 2.11. The summed E-state index contributed by atoms with van der Waals surface area (Å²) >= 11 is 3.07. The van der Waals surface area contributed by atoms with Crippen molar-refractivity contribution in [3.63, 3.8) is 0 Å². The van der Waals surface area contributed by atoms with Crippen LogP contribution in [0.4, 0.5) is 5.13 Å². The largest absolute Gasteiger partial charge is 0.273 e. The lowest BCUT2D eigenvalue weighted by Gasteiger charge is -2.08. The maximum absolute atomic E-state index is 12.3. The van der Waals surface area contributed by atoms with Crippen molar-refractivity contribution in [3.05, 3.63) is 53.6 Å². The molecule has 0 unspecified atom stereocenters. The highest BCUT2D eigenvalue weighted by Crippen LogP contribution is 2.26. The van der Waals surface area contributed by atoms with E-state index >= 15 is 0 Å². The molecule has 0 fully saturated rings. The molecule has 1 heterocycles. The van der Waals surface area contributed by atoms with Crippen LogP contribution in [-0.2, 0) is 0 Å². The maximum atomic E-state index is 12.3. The van der Waals surface area contributed by atoms with Crippen LogP contribution in [0.1, 0.15) is 15.9 Å². The fourth-order valence-electron chi connectivity index (χ4n) is 2.10. The van der Waals surface area contributed by atoms with E-state index in [0.29, 0.717) is 10.7 Å². The van der Waals surface area contributed by atoms with Gasteiger partial charge in [-0.2, -0.15) is 0 Å². The van der Waals surface area contributed by atoms with Gasteiger partial charge in [0.05, 0.1) is 15.8 Å². The summed E-state index contributed by atoms with van der Waals surface area (Å²) in [6.45, 7) is 2.05. The van der Waals surface area contributed by atoms with Crippen molar-refractivity contribution >= 4 is 44.4 Å². The van der Waals surface area contributed by atoms with Crippen molar-refractivity contribution in [1.82, 2.24) is 10.4 Å². The van der Waals surface area contributed by atoms with Gasteiger partial charge in [0.1, 0.15) is 0 Å². The van der Waals surface area contributed by atoms with Crippen LogP contribution in [0, 0.1) is 6.92 Å². The smallest absolute Gasteiger partial charge is 0.270 e. The van der Waals surface area contributed by atoms with E-state index in [1.165, 1.54) is 16.9 Å². The minimum absolute atomic E-state index is 0.166. The van der Waals surface area contributed by atoms with Crippen LogP contribution in [0.25, 0.3) is 10.2 Å². The van der Waals surface area contributed by atoms with E-state index < -0.39 is 0 Å². The Morgan fingerprint density at radius 3 is 2.86 bits per heavy atom. The third kappa shape index (κ3) is 3.08. The summed E-state index contributed by atoms with van der Waals surface area (Å²) in [4.78, 5) is 17.7. The third-order valence-electron chi connectivity index (χ3n) is 3.18. The van der Waals surface area contributed by atoms with Crippen LogP contribution in [-0.4, -0.2) is 17.1 Å². The molecule has 0 saturated carbocycles. The second-order valence-corrected chi connectivity index (χ2v) is 6.65. The van der Waals surface area contributed by atoms with E-state index in [4.69, 9.17) is 0 Å². The Kier molecular flexibility index (Phi) is 4.31. The van der Waals surface area contributed by atoms with E-state index in [2.05, 4.69) is 21.9 Å². The molecule has 0 radical (unpaired) electrons. The summed E-state index contributed by atoms with van der Waals surface area (Å²) in [7, 11) is 0. The fourth-order valence-corrected chi connectivity index (χ4v) is 3.61. The van der Waals surface area contributed by atoms with Crippen LogP contribution >= 0.6 is 23.1 Å². The molecule has 6 heteroatoms. The Bertz CT molecular complexity index is 829. The molecule has 0 bridgehead atoms. The van der Waals surface area contributed by atoms with Gasteiger partial charge in [-0.25, -0.2) is 4.98 Å². The average molecular weight is 329 g/mol. The first-order valence-corrected chi connectivity index (χ1v) is 8.78. The van der Waals surface area contributed by atoms with E-state index in [1.54, 1.807) is 11.8 Å². The van der Waals surface area contributed by atoms with Gasteiger partial charge >= 0.3 is 0 Å². The van der Waals surface area contributed by atoms with E-state index in [1.807, 2.05) is 49.6 Å². The maximum Gasteiger partial charge on any atom is 0.270 e. The van der Waals surface area contributed by atoms with Crippen LogP contribution in [0.15, 0.2) is 47.4 Å². The van der Waals surface area contributed by atoms with Crippen molar-refractivity contribution in [1.29, 1.82) is 0 Å². The van der Waals surface area contributed by atoms with Crippen molar-refractivity contribution in [3.8, 4) is 0 Å². The van der Waals surface area contributed by atoms with Crippen molar-refractivity contribution in [2.24, 2.45) is 0 Å². The van der Waals surface area contributed by atoms with Gasteiger partial charge in [0, 0.05) is 4.90 Å². The molecule has 2 N–H and O–H groups in total. The number of aromatic nitrogens is 1. The zero-order valence-corrected chi connectivity index (χ0v) is 13.8. The number of aryl methyl sites for hydroxylation is 1. The summed E-state index contributed by atoms with van der Waals surface area (Å²) in [6, 6.07) is 13.6. The number of benzene rings is 2. The lowest BCUT2D eigenvalue weighted by atomic mass is 10.2. The summed E-state index contributed by atoms with van der Waals surface area (Å²) in [5, 5.41) is 0.676. The molecule has 3 aromatic rings. The molecule has 0 atom stereocenters. The van der Waals surface area contributed by atoms with Gasteiger partial charge in [-0.1, -0.05) is 29.5 Å². The van der Waals surface area contributed by atoms with Gasteiger partial charge < -0.3 is 0 Å². The van der Waals surface area contributed by atoms with E-state index in [0.717, 1.165) is 15.1 Å². The number of anilines is 1. The Labute approximate surface area is 136 Å². The topological polar surface area (TPSA) is 54.0 Å². The second kappa shape index (κ2) is 6.37. The molecule has 0 spiro atoms. The molecular formula is C16H15N3OS2.